The summed E-state index contributed by atoms with van der Waals surface area (Å²) in [7, 11) is 1.30. The first-order valence-electron chi connectivity index (χ1n) is 11.4. The molecule has 4 aromatic rings. The van der Waals surface area contributed by atoms with Crippen molar-refractivity contribution in [1.82, 2.24) is 5.32 Å². The lowest BCUT2D eigenvalue weighted by molar-refractivity contribution is 0.0910. The van der Waals surface area contributed by atoms with Gasteiger partial charge >= 0.3 is 12.2 Å². The lowest BCUT2D eigenvalue weighted by Gasteiger charge is -2.20. The number of nitrogens with two attached hydrogens (primary N) is 1. The van der Waals surface area contributed by atoms with Gasteiger partial charge in [-0.3, -0.25) is 10.7 Å². The largest absolute Gasteiger partial charge is 0.481 e. The van der Waals surface area contributed by atoms with Crippen molar-refractivity contribution in [2.45, 2.75) is 12.6 Å². The smallest absolute Gasteiger partial charge is 0.411 e. The highest BCUT2D eigenvalue weighted by Crippen LogP contribution is 2.35. The maximum Gasteiger partial charge on any atom is 0.411 e. The standard InChI is InChI=1S/C27H26N4O5S/c1-34-26(32)30-15-17-10-12-19(13-11-17)31-27(33)35-16-22(18-6-3-2-4-7-18)36-21-8-5-9-23-20(21)14-24(37-23)25(28)29/h2-14,22H,15-16H2,1H3,(H3,28,29)(H,30,32)(H,31,33). The Labute approximate surface area is 217 Å². The minimum absolute atomic E-state index is 0.000441. The highest BCUT2D eigenvalue weighted by molar-refractivity contribution is 7.20. The summed E-state index contributed by atoms with van der Waals surface area (Å²) < 4.78 is 17.3. The molecule has 1 atom stereocenters. The summed E-state index contributed by atoms with van der Waals surface area (Å²) in [6.45, 7) is 0.273. The van der Waals surface area contributed by atoms with Crippen LogP contribution >= 0.6 is 11.3 Å². The Morgan fingerprint density at radius 1 is 1.00 bits per heavy atom. The zero-order valence-corrected chi connectivity index (χ0v) is 20.8. The number of nitrogen functional groups attached to an aromatic ring is 1. The van der Waals surface area contributed by atoms with Crippen molar-refractivity contribution < 1.29 is 23.8 Å². The van der Waals surface area contributed by atoms with Crippen molar-refractivity contribution in [2.75, 3.05) is 19.0 Å². The lowest BCUT2D eigenvalue weighted by Crippen LogP contribution is -2.22. The van der Waals surface area contributed by atoms with Crippen LogP contribution in [0.3, 0.4) is 0 Å². The molecular formula is C27H26N4O5S. The molecule has 4 rings (SSSR count). The van der Waals surface area contributed by atoms with Crippen molar-refractivity contribution in [3.05, 3.63) is 94.9 Å². The van der Waals surface area contributed by atoms with E-state index in [2.05, 4.69) is 15.4 Å². The Bertz CT molecular complexity index is 1390. The zero-order chi connectivity index (χ0) is 26.2. The Morgan fingerprint density at radius 2 is 1.76 bits per heavy atom. The summed E-state index contributed by atoms with van der Waals surface area (Å²) >= 11 is 1.42. The third-order valence-corrected chi connectivity index (χ3v) is 6.55. The molecule has 0 saturated carbocycles. The van der Waals surface area contributed by atoms with Gasteiger partial charge in [-0.15, -0.1) is 11.3 Å². The molecule has 10 heteroatoms. The van der Waals surface area contributed by atoms with E-state index in [1.54, 1.807) is 24.3 Å². The van der Waals surface area contributed by atoms with E-state index >= 15 is 0 Å². The van der Waals surface area contributed by atoms with Crippen LogP contribution in [0.1, 0.15) is 22.1 Å². The molecule has 1 aromatic heterocycles. The third kappa shape index (κ3) is 6.77. The second-order valence-electron chi connectivity index (χ2n) is 7.97. The van der Waals surface area contributed by atoms with Crippen LogP contribution in [0.5, 0.6) is 5.75 Å². The molecule has 190 valence electrons. The monoisotopic (exact) mass is 518 g/mol. The molecule has 0 aliphatic carbocycles. The Balaban J connectivity index is 1.42. The molecule has 9 nitrogen and oxygen atoms in total. The van der Waals surface area contributed by atoms with E-state index in [1.807, 2.05) is 54.6 Å². The van der Waals surface area contributed by atoms with Crippen molar-refractivity contribution >= 4 is 45.1 Å². The maximum absolute atomic E-state index is 12.5. The van der Waals surface area contributed by atoms with Crippen LogP contribution in [-0.2, 0) is 16.0 Å². The number of nitrogens with one attached hydrogen (secondary N) is 3. The number of carbonyl (C=O) groups excluding carboxylic acids is 2. The number of methoxy groups -OCH3 is 1. The van der Waals surface area contributed by atoms with Crippen LogP contribution in [0.15, 0.2) is 78.9 Å². The predicted molar refractivity (Wildman–Crippen MR) is 143 cm³/mol. The minimum Gasteiger partial charge on any atom is -0.481 e. The first-order chi connectivity index (χ1) is 17.9. The molecule has 0 spiro atoms. The van der Waals surface area contributed by atoms with Gasteiger partial charge in [-0.25, -0.2) is 9.59 Å². The lowest BCUT2D eigenvalue weighted by atomic mass is 10.1. The average Bonchev–Trinajstić information content (AvgIpc) is 3.37. The summed E-state index contributed by atoms with van der Waals surface area (Å²) in [6, 6.07) is 24.0. The van der Waals surface area contributed by atoms with E-state index in [0.29, 0.717) is 22.9 Å². The van der Waals surface area contributed by atoms with Crippen LogP contribution in [0.4, 0.5) is 15.3 Å². The normalized spacial score (nSPS) is 11.4. The number of fused-ring (bicyclic) bond motifs is 1. The van der Waals surface area contributed by atoms with Gasteiger partial charge in [-0.1, -0.05) is 48.5 Å². The molecule has 0 aliphatic rings. The Morgan fingerprint density at radius 3 is 2.46 bits per heavy atom. The highest BCUT2D eigenvalue weighted by atomic mass is 32.1. The van der Waals surface area contributed by atoms with Crippen molar-refractivity contribution in [2.24, 2.45) is 5.73 Å². The molecule has 5 N–H and O–H groups in total. The van der Waals surface area contributed by atoms with E-state index in [-0.39, 0.29) is 12.4 Å². The van der Waals surface area contributed by atoms with Gasteiger partial charge in [-0.2, -0.15) is 0 Å². The van der Waals surface area contributed by atoms with Gasteiger partial charge in [-0.05, 0) is 41.5 Å². The van der Waals surface area contributed by atoms with Gasteiger partial charge in [0.05, 0.1) is 12.0 Å². The summed E-state index contributed by atoms with van der Waals surface area (Å²) in [6.07, 6.45) is -1.71. The molecule has 0 saturated heterocycles. The van der Waals surface area contributed by atoms with Crippen LogP contribution in [0, 0.1) is 5.41 Å². The number of hydrogen-bond donors (Lipinski definition) is 4. The number of rotatable bonds is 9. The average molecular weight is 519 g/mol. The van der Waals surface area contributed by atoms with Gasteiger partial charge in [0.2, 0.25) is 0 Å². The number of alkyl carbamates (subject to hydrolysis) is 1. The molecule has 2 amide bonds. The molecule has 37 heavy (non-hydrogen) atoms. The number of benzene rings is 3. The van der Waals surface area contributed by atoms with Gasteiger partial charge in [0.15, 0.2) is 6.10 Å². The highest BCUT2D eigenvalue weighted by Gasteiger charge is 2.19. The summed E-state index contributed by atoms with van der Waals surface area (Å²) in [5.41, 5.74) is 7.91. The number of ether oxygens (including phenoxy) is 3. The van der Waals surface area contributed by atoms with Gasteiger partial charge < -0.3 is 25.3 Å². The van der Waals surface area contributed by atoms with Crippen molar-refractivity contribution in [3.8, 4) is 5.75 Å². The SMILES string of the molecule is COC(=O)NCc1ccc(NC(=O)OCC(Oc2cccc3sc(C(=N)N)cc23)c2ccccc2)cc1. The molecule has 1 heterocycles. The molecule has 0 radical (unpaired) electrons. The number of hydrogen-bond acceptors (Lipinski definition) is 7. The Kier molecular flexibility index (Phi) is 8.22. The fourth-order valence-electron chi connectivity index (χ4n) is 3.55. The van der Waals surface area contributed by atoms with Crippen LogP contribution < -0.4 is 21.1 Å². The van der Waals surface area contributed by atoms with E-state index in [1.165, 1.54) is 18.4 Å². The number of carbonyl (C=O) groups is 2. The first-order valence-corrected chi connectivity index (χ1v) is 12.2. The van der Waals surface area contributed by atoms with E-state index < -0.39 is 18.3 Å². The quantitative estimate of drug-likeness (QED) is 0.173. The molecular weight excluding hydrogens is 492 g/mol. The summed E-state index contributed by atoms with van der Waals surface area (Å²) in [5.74, 6) is 0.606. The first kappa shape index (κ1) is 25.5. The molecule has 0 fully saturated rings. The molecule has 3 aromatic carbocycles. The summed E-state index contributed by atoms with van der Waals surface area (Å²) in [5, 5.41) is 13.9. The van der Waals surface area contributed by atoms with E-state index in [9.17, 15) is 9.59 Å². The second-order valence-corrected chi connectivity index (χ2v) is 9.06. The minimum atomic E-state index is -0.627. The predicted octanol–water partition coefficient (Wildman–Crippen LogP) is 5.41. The molecule has 0 bridgehead atoms. The Hall–Kier alpha value is -4.57. The van der Waals surface area contributed by atoms with Crippen molar-refractivity contribution in [1.29, 1.82) is 5.41 Å². The van der Waals surface area contributed by atoms with E-state index in [0.717, 1.165) is 21.2 Å². The van der Waals surface area contributed by atoms with Crippen LogP contribution in [-0.4, -0.2) is 31.7 Å². The van der Waals surface area contributed by atoms with Crippen molar-refractivity contribution in [3.63, 3.8) is 0 Å². The maximum atomic E-state index is 12.5. The van der Waals surface area contributed by atoms with E-state index in [4.69, 9.17) is 20.6 Å². The van der Waals surface area contributed by atoms with Crippen LogP contribution in [0.25, 0.3) is 10.1 Å². The second kappa shape index (κ2) is 11.9. The summed E-state index contributed by atoms with van der Waals surface area (Å²) in [4.78, 5) is 24.4. The zero-order valence-electron chi connectivity index (χ0n) is 20.0. The molecule has 0 aliphatic heterocycles. The third-order valence-electron chi connectivity index (χ3n) is 5.42. The fourth-order valence-corrected chi connectivity index (χ4v) is 4.49. The van der Waals surface area contributed by atoms with Crippen LogP contribution in [0.2, 0.25) is 0 Å². The number of anilines is 1. The number of thiophene rings is 1. The van der Waals surface area contributed by atoms with Gasteiger partial charge in [0, 0.05) is 22.3 Å². The van der Waals surface area contributed by atoms with Gasteiger partial charge in [0.1, 0.15) is 18.2 Å². The topological polar surface area (TPSA) is 136 Å². The molecule has 1 unspecified atom stereocenters. The number of amidine groups is 1. The fraction of sp³-hybridized carbons (Fsp3) is 0.148. The number of amides is 2. The van der Waals surface area contributed by atoms with Gasteiger partial charge in [0.25, 0.3) is 0 Å².